The van der Waals surface area contributed by atoms with Crippen molar-refractivity contribution in [3.8, 4) is 28.7 Å². The van der Waals surface area contributed by atoms with Crippen LogP contribution in [0.5, 0.6) is 28.7 Å². The van der Waals surface area contributed by atoms with Crippen LogP contribution in [0.2, 0.25) is 0 Å². The Morgan fingerprint density at radius 1 is 0.941 bits per heavy atom. The van der Waals surface area contributed by atoms with E-state index in [-0.39, 0.29) is 29.4 Å². The van der Waals surface area contributed by atoms with Crippen molar-refractivity contribution in [2.75, 3.05) is 20.8 Å². The fourth-order valence-corrected chi connectivity index (χ4v) is 2.99. The summed E-state index contributed by atoms with van der Waals surface area (Å²) in [6.45, 7) is 0.163. The van der Waals surface area contributed by atoms with Crippen molar-refractivity contribution >= 4 is 12.0 Å². The zero-order chi connectivity index (χ0) is 24.7. The average Bonchev–Trinajstić information content (AvgIpc) is 2.81. The molecule has 0 aromatic heterocycles. The average molecular weight is 474 g/mol. The molecule has 0 saturated carbocycles. The quantitative estimate of drug-likeness (QED) is 0.392. The van der Waals surface area contributed by atoms with Crippen LogP contribution in [0.15, 0.2) is 66.7 Å². The Hall–Kier alpha value is -4.14. The molecule has 0 radical (unpaired) electrons. The zero-order valence-electron chi connectivity index (χ0n) is 18.3. The molecule has 0 spiro atoms. The van der Waals surface area contributed by atoms with Gasteiger partial charge >= 0.3 is 12.1 Å². The Morgan fingerprint density at radius 3 is 2.24 bits per heavy atom. The summed E-state index contributed by atoms with van der Waals surface area (Å²) in [4.78, 5) is 11.4. The minimum absolute atomic E-state index is 0.0338. The highest BCUT2D eigenvalue weighted by Crippen LogP contribution is 2.41. The van der Waals surface area contributed by atoms with Crippen molar-refractivity contribution in [3.63, 3.8) is 0 Å². The lowest BCUT2D eigenvalue weighted by Crippen LogP contribution is -2.03. The molecule has 0 unspecified atom stereocenters. The fraction of sp³-hybridized carbons (Fsp3) is 0.160. The first-order chi connectivity index (χ1) is 16.2. The van der Waals surface area contributed by atoms with E-state index in [0.717, 1.165) is 12.1 Å². The smallest absolute Gasteiger partial charge is 0.416 e. The SMILES string of the molecule is COc1cc(C(=O)O)cc(Oc2cccc(OCC=Cc3ccc(C(F)(F)F)cc3)c2)c1OC. The lowest BCUT2D eigenvalue weighted by atomic mass is 10.1. The summed E-state index contributed by atoms with van der Waals surface area (Å²) in [6.07, 6.45) is -1.06. The molecule has 3 aromatic rings. The normalized spacial score (nSPS) is 11.3. The van der Waals surface area contributed by atoms with E-state index in [9.17, 15) is 23.1 Å². The van der Waals surface area contributed by atoms with Gasteiger partial charge in [0.2, 0.25) is 5.75 Å². The van der Waals surface area contributed by atoms with Crippen LogP contribution in [0.25, 0.3) is 6.08 Å². The first-order valence-electron chi connectivity index (χ1n) is 9.95. The number of rotatable bonds is 9. The lowest BCUT2D eigenvalue weighted by molar-refractivity contribution is -0.137. The van der Waals surface area contributed by atoms with Crippen LogP contribution < -0.4 is 18.9 Å². The molecule has 9 heteroatoms. The fourth-order valence-electron chi connectivity index (χ4n) is 2.99. The van der Waals surface area contributed by atoms with Crippen molar-refractivity contribution in [1.29, 1.82) is 0 Å². The first kappa shape index (κ1) is 24.5. The number of aromatic carboxylic acids is 1. The van der Waals surface area contributed by atoms with Gasteiger partial charge in [0.15, 0.2) is 11.5 Å². The van der Waals surface area contributed by atoms with Gasteiger partial charge in [0.1, 0.15) is 18.1 Å². The van der Waals surface area contributed by atoms with Gasteiger partial charge in [-0.1, -0.05) is 24.3 Å². The van der Waals surface area contributed by atoms with E-state index in [2.05, 4.69) is 0 Å². The largest absolute Gasteiger partial charge is 0.493 e. The number of hydrogen-bond acceptors (Lipinski definition) is 5. The summed E-state index contributed by atoms with van der Waals surface area (Å²) in [6, 6.07) is 14.1. The van der Waals surface area contributed by atoms with E-state index in [1.165, 1.54) is 38.5 Å². The molecule has 3 aromatic carbocycles. The van der Waals surface area contributed by atoms with Crippen LogP contribution in [0.3, 0.4) is 0 Å². The van der Waals surface area contributed by atoms with Crippen molar-refractivity contribution in [1.82, 2.24) is 0 Å². The van der Waals surface area contributed by atoms with Crippen molar-refractivity contribution in [3.05, 3.63) is 83.4 Å². The molecule has 0 heterocycles. The molecule has 0 aliphatic rings. The molecule has 178 valence electrons. The van der Waals surface area contributed by atoms with Crippen molar-refractivity contribution in [2.45, 2.75) is 6.18 Å². The van der Waals surface area contributed by atoms with E-state index in [4.69, 9.17) is 18.9 Å². The third kappa shape index (κ3) is 6.22. The molecule has 0 aliphatic heterocycles. The third-order valence-electron chi connectivity index (χ3n) is 4.62. The lowest BCUT2D eigenvalue weighted by Gasteiger charge is -2.15. The highest BCUT2D eigenvalue weighted by molar-refractivity contribution is 5.89. The van der Waals surface area contributed by atoms with Gasteiger partial charge in [0.25, 0.3) is 0 Å². The van der Waals surface area contributed by atoms with Gasteiger partial charge in [-0.05, 0) is 48.0 Å². The zero-order valence-corrected chi connectivity index (χ0v) is 18.3. The molecular weight excluding hydrogens is 453 g/mol. The van der Waals surface area contributed by atoms with Crippen LogP contribution in [0.4, 0.5) is 13.2 Å². The highest BCUT2D eigenvalue weighted by Gasteiger charge is 2.29. The number of halogens is 3. The van der Waals surface area contributed by atoms with Crippen molar-refractivity contribution < 1.29 is 42.0 Å². The van der Waals surface area contributed by atoms with Crippen LogP contribution >= 0.6 is 0 Å². The maximum absolute atomic E-state index is 12.6. The van der Waals surface area contributed by atoms with E-state index < -0.39 is 17.7 Å². The van der Waals surface area contributed by atoms with Crippen LogP contribution in [0.1, 0.15) is 21.5 Å². The molecule has 0 saturated heterocycles. The second kappa shape index (κ2) is 10.7. The van der Waals surface area contributed by atoms with Gasteiger partial charge in [0, 0.05) is 6.07 Å². The molecule has 0 bridgehead atoms. The van der Waals surface area contributed by atoms with E-state index in [1.54, 1.807) is 36.4 Å². The first-order valence-corrected chi connectivity index (χ1v) is 9.95. The minimum atomic E-state index is -4.37. The summed E-state index contributed by atoms with van der Waals surface area (Å²) in [5.74, 6) is 0.278. The Kier molecular flexibility index (Phi) is 7.68. The van der Waals surface area contributed by atoms with E-state index >= 15 is 0 Å². The maximum atomic E-state index is 12.6. The molecule has 34 heavy (non-hydrogen) atoms. The van der Waals surface area contributed by atoms with Crippen LogP contribution in [0, 0.1) is 0 Å². The summed E-state index contributed by atoms with van der Waals surface area (Å²) in [7, 11) is 2.80. The number of methoxy groups -OCH3 is 2. The van der Waals surface area contributed by atoms with Gasteiger partial charge < -0.3 is 24.1 Å². The Bertz CT molecular complexity index is 1170. The number of carboxylic acids is 1. The number of ether oxygens (including phenoxy) is 4. The predicted molar refractivity (Wildman–Crippen MR) is 119 cm³/mol. The number of hydrogen-bond donors (Lipinski definition) is 1. The van der Waals surface area contributed by atoms with Crippen LogP contribution in [-0.4, -0.2) is 31.9 Å². The monoisotopic (exact) mass is 474 g/mol. The summed E-state index contributed by atoms with van der Waals surface area (Å²) in [5, 5.41) is 9.33. The number of carboxylic acid groups (broad SMARTS) is 1. The summed E-state index contributed by atoms with van der Waals surface area (Å²) in [5.41, 5.74) is -0.137. The summed E-state index contributed by atoms with van der Waals surface area (Å²) >= 11 is 0. The molecule has 6 nitrogen and oxygen atoms in total. The van der Waals surface area contributed by atoms with Gasteiger partial charge in [-0.15, -0.1) is 0 Å². The molecule has 0 aliphatic carbocycles. The predicted octanol–water partition coefficient (Wildman–Crippen LogP) is 6.31. The van der Waals surface area contributed by atoms with Gasteiger partial charge in [0.05, 0.1) is 25.3 Å². The Morgan fingerprint density at radius 2 is 1.62 bits per heavy atom. The minimum Gasteiger partial charge on any atom is -0.493 e. The second-order valence-corrected chi connectivity index (χ2v) is 6.93. The number of carbonyl (C=O) groups is 1. The third-order valence-corrected chi connectivity index (χ3v) is 4.62. The van der Waals surface area contributed by atoms with Crippen LogP contribution in [-0.2, 0) is 6.18 Å². The summed E-state index contributed by atoms with van der Waals surface area (Å²) < 4.78 is 59.9. The standard InChI is InChI=1S/C25H21F3O6/c1-31-21-13-17(24(29)30)14-22(23(21)32-2)34-20-7-3-6-19(15-20)33-12-4-5-16-8-10-18(11-9-16)25(26,27)28/h3-11,13-15H,12H2,1-2H3,(H,29,30). The molecular formula is C25H21F3O6. The second-order valence-electron chi connectivity index (χ2n) is 6.93. The van der Waals surface area contributed by atoms with E-state index in [0.29, 0.717) is 17.1 Å². The van der Waals surface area contributed by atoms with Crippen molar-refractivity contribution in [2.24, 2.45) is 0 Å². The topological polar surface area (TPSA) is 74.2 Å². The van der Waals surface area contributed by atoms with Gasteiger partial charge in [-0.2, -0.15) is 13.2 Å². The number of alkyl halides is 3. The Labute approximate surface area is 193 Å². The molecule has 1 N–H and O–H groups in total. The van der Waals surface area contributed by atoms with Gasteiger partial charge in [-0.3, -0.25) is 0 Å². The Balaban J connectivity index is 1.68. The number of benzene rings is 3. The maximum Gasteiger partial charge on any atom is 0.416 e. The molecule has 0 atom stereocenters. The molecule has 3 rings (SSSR count). The molecule has 0 fully saturated rings. The van der Waals surface area contributed by atoms with E-state index in [1.807, 2.05) is 0 Å². The van der Waals surface area contributed by atoms with Gasteiger partial charge in [-0.25, -0.2) is 4.79 Å². The highest BCUT2D eigenvalue weighted by atomic mass is 19.4. The molecule has 0 amide bonds.